The van der Waals surface area contributed by atoms with E-state index in [1.54, 1.807) is 17.9 Å². The van der Waals surface area contributed by atoms with Crippen molar-refractivity contribution < 1.29 is 19.1 Å². The zero-order chi connectivity index (χ0) is 22.9. The second kappa shape index (κ2) is 11.9. The highest BCUT2D eigenvalue weighted by Gasteiger charge is 2.28. The van der Waals surface area contributed by atoms with Gasteiger partial charge in [0.25, 0.3) is 0 Å². The number of ether oxygens (including phenoxy) is 2. The van der Waals surface area contributed by atoms with Crippen LogP contribution in [0.25, 0.3) is 6.08 Å². The van der Waals surface area contributed by atoms with Crippen molar-refractivity contribution in [1.29, 1.82) is 0 Å². The molecule has 1 aliphatic rings. The smallest absolute Gasteiger partial charge is 0.324 e. The molecule has 1 fully saturated rings. The van der Waals surface area contributed by atoms with Gasteiger partial charge in [-0.15, -0.1) is 0 Å². The molecule has 1 heterocycles. The summed E-state index contributed by atoms with van der Waals surface area (Å²) in [6.45, 7) is 6.00. The van der Waals surface area contributed by atoms with Crippen molar-refractivity contribution in [1.82, 2.24) is 10.2 Å². The van der Waals surface area contributed by atoms with Crippen LogP contribution in [0.3, 0.4) is 0 Å². The van der Waals surface area contributed by atoms with E-state index in [4.69, 9.17) is 21.1 Å². The van der Waals surface area contributed by atoms with Gasteiger partial charge in [0.1, 0.15) is 11.8 Å². The quantitative estimate of drug-likeness (QED) is 0.455. The van der Waals surface area contributed by atoms with Crippen molar-refractivity contribution in [2.75, 3.05) is 32.8 Å². The molecule has 0 bridgehead atoms. The van der Waals surface area contributed by atoms with E-state index in [0.29, 0.717) is 31.3 Å². The number of nitrogens with one attached hydrogen (secondary N) is 1. The predicted octanol–water partition coefficient (Wildman–Crippen LogP) is 4.27. The maximum Gasteiger partial charge on any atom is 0.324 e. The van der Waals surface area contributed by atoms with Gasteiger partial charge in [-0.1, -0.05) is 41.6 Å². The Morgan fingerprint density at radius 2 is 2.00 bits per heavy atom. The lowest BCUT2D eigenvalue weighted by Gasteiger charge is -2.31. The van der Waals surface area contributed by atoms with Gasteiger partial charge in [-0.3, -0.25) is 9.59 Å². The number of rotatable bonds is 8. The second-order valence-corrected chi connectivity index (χ2v) is 8.54. The summed E-state index contributed by atoms with van der Waals surface area (Å²) in [5, 5.41) is 3.68. The first-order valence-electron chi connectivity index (χ1n) is 10.6. The molecule has 2 aromatic carbocycles. The van der Waals surface area contributed by atoms with Crippen LogP contribution >= 0.6 is 23.4 Å². The van der Waals surface area contributed by atoms with E-state index in [1.165, 1.54) is 17.8 Å². The van der Waals surface area contributed by atoms with Gasteiger partial charge in [-0.05, 0) is 49.8 Å². The average Bonchev–Trinajstić information content (AvgIpc) is 2.80. The summed E-state index contributed by atoms with van der Waals surface area (Å²) >= 11 is 8.04. The Bertz CT molecular complexity index is 982. The number of hydrogen-bond donors (Lipinski definition) is 1. The molecule has 6 nitrogen and oxygen atoms in total. The molecular weight excluding hydrogens is 448 g/mol. The molecule has 1 N–H and O–H groups in total. The summed E-state index contributed by atoms with van der Waals surface area (Å²) in [6, 6.07) is 13.0. The molecule has 1 aliphatic heterocycles. The molecule has 1 amide bonds. The SMILES string of the molecule is CCOC(=O)C1CN(C(=O)/C=C/c2ccc(Sc3ccccc3OCC)c(Cl)c2)CCN1. The summed E-state index contributed by atoms with van der Waals surface area (Å²) in [5.41, 5.74) is 0.822. The lowest BCUT2D eigenvalue weighted by atomic mass is 10.2. The van der Waals surface area contributed by atoms with Gasteiger partial charge < -0.3 is 19.7 Å². The highest BCUT2D eigenvalue weighted by atomic mass is 35.5. The Morgan fingerprint density at radius 3 is 2.75 bits per heavy atom. The van der Waals surface area contributed by atoms with Gasteiger partial charge in [-0.2, -0.15) is 0 Å². The fourth-order valence-corrected chi connectivity index (χ4v) is 4.46. The Hall–Kier alpha value is -2.48. The van der Waals surface area contributed by atoms with Gasteiger partial charge in [-0.25, -0.2) is 0 Å². The molecular formula is C24H27ClN2O4S. The zero-order valence-corrected chi connectivity index (χ0v) is 19.7. The van der Waals surface area contributed by atoms with E-state index in [9.17, 15) is 9.59 Å². The van der Waals surface area contributed by atoms with E-state index < -0.39 is 6.04 Å². The first-order chi connectivity index (χ1) is 15.5. The maximum atomic E-state index is 12.6. The van der Waals surface area contributed by atoms with Gasteiger partial charge >= 0.3 is 5.97 Å². The number of nitrogens with zero attached hydrogens (tertiary/aromatic N) is 1. The van der Waals surface area contributed by atoms with Crippen LogP contribution in [-0.2, 0) is 14.3 Å². The molecule has 32 heavy (non-hydrogen) atoms. The standard InChI is InChI=1S/C24H27ClN2O4S/c1-3-30-20-7-5-6-8-22(20)32-21-11-9-17(15-18(21)25)10-12-23(28)27-14-13-26-19(16-27)24(29)31-4-2/h5-12,15,19,26H,3-4,13-14,16H2,1-2H3/b12-10+. The van der Waals surface area contributed by atoms with Crippen molar-refractivity contribution in [3.8, 4) is 5.75 Å². The second-order valence-electron chi connectivity index (χ2n) is 7.05. The first kappa shape index (κ1) is 24.2. The minimum atomic E-state index is -0.494. The lowest BCUT2D eigenvalue weighted by molar-refractivity contribution is -0.147. The summed E-state index contributed by atoms with van der Waals surface area (Å²) in [5.74, 6) is 0.337. The largest absolute Gasteiger partial charge is 0.493 e. The van der Waals surface area contributed by atoms with Crippen LogP contribution in [0, 0.1) is 0 Å². The number of amides is 1. The number of carbonyl (C=O) groups excluding carboxylic acids is 2. The maximum absolute atomic E-state index is 12.6. The van der Waals surface area contributed by atoms with E-state index in [2.05, 4.69) is 5.32 Å². The van der Waals surface area contributed by atoms with Gasteiger partial charge in [0, 0.05) is 30.6 Å². The van der Waals surface area contributed by atoms with Crippen LogP contribution in [0.4, 0.5) is 0 Å². The van der Waals surface area contributed by atoms with Crippen molar-refractivity contribution >= 4 is 41.3 Å². The predicted molar refractivity (Wildman–Crippen MR) is 127 cm³/mol. The van der Waals surface area contributed by atoms with Gasteiger partial charge in [0.15, 0.2) is 0 Å². The molecule has 170 valence electrons. The molecule has 0 spiro atoms. The first-order valence-corrected chi connectivity index (χ1v) is 11.8. The molecule has 2 aromatic rings. The highest BCUT2D eigenvalue weighted by Crippen LogP contribution is 2.38. The molecule has 0 saturated carbocycles. The molecule has 1 atom stereocenters. The van der Waals surface area contributed by atoms with Crippen molar-refractivity contribution in [3.63, 3.8) is 0 Å². The third-order valence-corrected chi connectivity index (χ3v) is 6.36. The van der Waals surface area contributed by atoms with Gasteiger partial charge in [0.2, 0.25) is 5.91 Å². The Kier molecular flexibility index (Phi) is 9.02. The van der Waals surface area contributed by atoms with Crippen LogP contribution in [0.2, 0.25) is 5.02 Å². The molecule has 0 aliphatic carbocycles. The topological polar surface area (TPSA) is 67.9 Å². The van der Waals surface area contributed by atoms with E-state index in [-0.39, 0.29) is 18.4 Å². The third kappa shape index (κ3) is 6.51. The molecule has 0 radical (unpaired) electrons. The van der Waals surface area contributed by atoms with Crippen LogP contribution in [0.15, 0.2) is 58.3 Å². The summed E-state index contributed by atoms with van der Waals surface area (Å²) in [4.78, 5) is 28.1. The number of para-hydroxylation sites is 1. The number of hydrogen-bond acceptors (Lipinski definition) is 6. The monoisotopic (exact) mass is 474 g/mol. The third-order valence-electron chi connectivity index (χ3n) is 4.80. The van der Waals surface area contributed by atoms with Crippen LogP contribution in [0.1, 0.15) is 19.4 Å². The molecule has 1 saturated heterocycles. The Labute approximate surface area is 197 Å². The van der Waals surface area contributed by atoms with E-state index >= 15 is 0 Å². The summed E-state index contributed by atoms with van der Waals surface area (Å²) < 4.78 is 10.7. The number of esters is 1. The number of benzene rings is 2. The Balaban J connectivity index is 1.64. The number of halogens is 1. The number of piperazine rings is 1. The molecule has 1 unspecified atom stereocenters. The molecule has 0 aromatic heterocycles. The minimum Gasteiger partial charge on any atom is -0.493 e. The van der Waals surface area contributed by atoms with Crippen molar-refractivity contribution in [2.45, 2.75) is 29.7 Å². The fourth-order valence-electron chi connectivity index (χ4n) is 3.25. The fraction of sp³-hybridized carbons (Fsp3) is 0.333. The van der Waals surface area contributed by atoms with E-state index in [1.807, 2.05) is 49.4 Å². The zero-order valence-electron chi connectivity index (χ0n) is 18.2. The minimum absolute atomic E-state index is 0.152. The number of carbonyl (C=O) groups is 2. The summed E-state index contributed by atoms with van der Waals surface area (Å²) in [7, 11) is 0. The normalized spacial score (nSPS) is 16.2. The van der Waals surface area contributed by atoms with Crippen molar-refractivity contribution in [3.05, 3.63) is 59.1 Å². The van der Waals surface area contributed by atoms with Crippen LogP contribution < -0.4 is 10.1 Å². The molecule has 8 heteroatoms. The average molecular weight is 475 g/mol. The van der Waals surface area contributed by atoms with Gasteiger partial charge in [0.05, 0.1) is 23.1 Å². The summed E-state index contributed by atoms with van der Waals surface area (Å²) in [6.07, 6.45) is 3.24. The van der Waals surface area contributed by atoms with E-state index in [0.717, 1.165) is 21.1 Å². The van der Waals surface area contributed by atoms with Crippen LogP contribution in [-0.4, -0.2) is 55.7 Å². The molecule has 3 rings (SSSR count). The highest BCUT2D eigenvalue weighted by molar-refractivity contribution is 7.99. The lowest BCUT2D eigenvalue weighted by Crippen LogP contribution is -2.55. The van der Waals surface area contributed by atoms with Crippen molar-refractivity contribution in [2.24, 2.45) is 0 Å². The Morgan fingerprint density at radius 1 is 1.19 bits per heavy atom. The van der Waals surface area contributed by atoms with Crippen LogP contribution in [0.5, 0.6) is 5.75 Å².